The van der Waals surface area contributed by atoms with E-state index in [4.69, 9.17) is 5.73 Å². The maximum Gasteiger partial charge on any atom is 0.0756 e. The van der Waals surface area contributed by atoms with E-state index in [-0.39, 0.29) is 6.04 Å². The Morgan fingerprint density at radius 1 is 1.06 bits per heavy atom. The van der Waals surface area contributed by atoms with E-state index < -0.39 is 0 Å². The Morgan fingerprint density at radius 3 is 2.38 bits per heavy atom. The number of nitrogens with zero attached hydrogens (tertiary/aromatic N) is 2. The van der Waals surface area contributed by atoms with Gasteiger partial charge in [0.15, 0.2) is 0 Å². The number of rotatable bonds is 2. The lowest BCUT2D eigenvalue weighted by atomic mass is 9.85. The molecule has 3 nitrogen and oxygen atoms in total. The van der Waals surface area contributed by atoms with Crippen molar-refractivity contribution in [2.24, 2.45) is 11.7 Å². The predicted molar refractivity (Wildman–Crippen MR) is 64.8 cm³/mol. The first-order valence-electron chi connectivity index (χ1n) is 6.39. The summed E-state index contributed by atoms with van der Waals surface area (Å²) in [6.45, 7) is 0. The van der Waals surface area contributed by atoms with E-state index in [1.54, 1.807) is 12.4 Å². The summed E-state index contributed by atoms with van der Waals surface area (Å²) >= 11 is 0. The Labute approximate surface area is 97.5 Å². The van der Waals surface area contributed by atoms with Crippen molar-refractivity contribution in [2.45, 2.75) is 51.0 Å². The SMILES string of the molecule is NC(c1cnccn1)C1CCCCCCC1. The average Bonchev–Trinajstić information content (AvgIpc) is 2.29. The minimum atomic E-state index is 0.0757. The van der Waals surface area contributed by atoms with Gasteiger partial charge < -0.3 is 5.73 Å². The quantitative estimate of drug-likeness (QED) is 0.832. The molecule has 0 amide bonds. The van der Waals surface area contributed by atoms with Crippen LogP contribution in [-0.4, -0.2) is 9.97 Å². The lowest BCUT2D eigenvalue weighted by molar-refractivity contribution is 0.323. The molecule has 1 aliphatic rings. The van der Waals surface area contributed by atoms with Crippen molar-refractivity contribution in [2.75, 3.05) is 0 Å². The van der Waals surface area contributed by atoms with E-state index in [1.807, 2.05) is 6.20 Å². The maximum atomic E-state index is 6.29. The number of hydrogen-bond acceptors (Lipinski definition) is 3. The summed E-state index contributed by atoms with van der Waals surface area (Å²) in [5.74, 6) is 0.594. The first-order valence-corrected chi connectivity index (χ1v) is 6.39. The fourth-order valence-corrected chi connectivity index (χ4v) is 2.57. The van der Waals surface area contributed by atoms with Crippen LogP contribution in [0.1, 0.15) is 56.7 Å². The third-order valence-electron chi connectivity index (χ3n) is 3.58. The van der Waals surface area contributed by atoms with Crippen molar-refractivity contribution in [3.63, 3.8) is 0 Å². The van der Waals surface area contributed by atoms with Crippen LogP contribution in [0.5, 0.6) is 0 Å². The van der Waals surface area contributed by atoms with Crippen molar-refractivity contribution >= 4 is 0 Å². The zero-order valence-electron chi connectivity index (χ0n) is 9.81. The normalized spacial score (nSPS) is 21.1. The molecule has 1 aromatic rings. The molecule has 1 atom stereocenters. The molecule has 3 heteroatoms. The van der Waals surface area contributed by atoms with Crippen LogP contribution in [0.4, 0.5) is 0 Å². The molecule has 1 heterocycles. The van der Waals surface area contributed by atoms with E-state index in [1.165, 1.54) is 44.9 Å². The van der Waals surface area contributed by atoms with Crippen LogP contribution in [0.2, 0.25) is 0 Å². The van der Waals surface area contributed by atoms with E-state index in [9.17, 15) is 0 Å². The van der Waals surface area contributed by atoms with Crippen molar-refractivity contribution < 1.29 is 0 Å². The molecule has 0 spiro atoms. The topological polar surface area (TPSA) is 51.8 Å². The highest BCUT2D eigenvalue weighted by molar-refractivity contribution is 5.03. The molecule has 0 saturated heterocycles. The lowest BCUT2D eigenvalue weighted by Crippen LogP contribution is -2.23. The molecule has 2 rings (SSSR count). The van der Waals surface area contributed by atoms with Gasteiger partial charge >= 0.3 is 0 Å². The molecular weight excluding hydrogens is 198 g/mol. The first kappa shape index (κ1) is 11.5. The molecule has 1 unspecified atom stereocenters. The highest BCUT2D eigenvalue weighted by atomic mass is 14.8. The van der Waals surface area contributed by atoms with Crippen molar-refractivity contribution in [1.82, 2.24) is 9.97 Å². The molecular formula is C13H21N3. The molecule has 1 fully saturated rings. The van der Waals surface area contributed by atoms with Crippen molar-refractivity contribution in [1.29, 1.82) is 0 Å². The van der Waals surface area contributed by atoms with Gasteiger partial charge in [-0.25, -0.2) is 0 Å². The van der Waals surface area contributed by atoms with Crippen LogP contribution < -0.4 is 5.73 Å². The van der Waals surface area contributed by atoms with Crippen LogP contribution in [0, 0.1) is 5.92 Å². The van der Waals surface area contributed by atoms with E-state index >= 15 is 0 Å². The fourth-order valence-electron chi connectivity index (χ4n) is 2.57. The molecule has 2 N–H and O–H groups in total. The summed E-state index contributed by atoms with van der Waals surface area (Å²) < 4.78 is 0. The lowest BCUT2D eigenvalue weighted by Gasteiger charge is -2.25. The van der Waals surface area contributed by atoms with E-state index in [2.05, 4.69) is 9.97 Å². The minimum absolute atomic E-state index is 0.0757. The second-order valence-corrected chi connectivity index (χ2v) is 4.76. The third-order valence-corrected chi connectivity index (χ3v) is 3.58. The Kier molecular flexibility index (Phi) is 4.28. The summed E-state index contributed by atoms with van der Waals surface area (Å²) in [6.07, 6.45) is 14.5. The Morgan fingerprint density at radius 2 is 1.75 bits per heavy atom. The minimum Gasteiger partial charge on any atom is -0.322 e. The zero-order chi connectivity index (χ0) is 11.2. The Bertz CT molecular complexity index is 291. The molecule has 16 heavy (non-hydrogen) atoms. The summed E-state index contributed by atoms with van der Waals surface area (Å²) in [5.41, 5.74) is 7.24. The Hall–Kier alpha value is -0.960. The molecule has 1 saturated carbocycles. The molecule has 0 radical (unpaired) electrons. The summed E-state index contributed by atoms with van der Waals surface area (Å²) in [5, 5.41) is 0. The van der Waals surface area contributed by atoms with Gasteiger partial charge in [0.25, 0.3) is 0 Å². The highest BCUT2D eigenvalue weighted by Gasteiger charge is 2.21. The van der Waals surface area contributed by atoms with Crippen LogP contribution in [-0.2, 0) is 0 Å². The monoisotopic (exact) mass is 219 g/mol. The van der Waals surface area contributed by atoms with Crippen LogP contribution >= 0.6 is 0 Å². The third kappa shape index (κ3) is 3.01. The highest BCUT2D eigenvalue weighted by Crippen LogP contribution is 2.30. The second-order valence-electron chi connectivity index (χ2n) is 4.76. The first-order chi connectivity index (χ1) is 7.88. The fraction of sp³-hybridized carbons (Fsp3) is 0.692. The summed E-state index contributed by atoms with van der Waals surface area (Å²) in [4.78, 5) is 8.42. The van der Waals surface area contributed by atoms with Gasteiger partial charge in [-0.15, -0.1) is 0 Å². The molecule has 1 aliphatic carbocycles. The molecule has 0 aromatic carbocycles. The van der Waals surface area contributed by atoms with Gasteiger partial charge in [-0.1, -0.05) is 32.1 Å². The largest absolute Gasteiger partial charge is 0.322 e. The van der Waals surface area contributed by atoms with E-state index in [0.29, 0.717) is 5.92 Å². The Balaban J connectivity index is 1.99. The standard InChI is InChI=1S/C13H21N3/c14-13(12-10-15-8-9-16-12)11-6-4-2-1-3-5-7-11/h8-11,13H,1-7,14H2. The molecule has 0 aliphatic heterocycles. The smallest absolute Gasteiger partial charge is 0.0756 e. The summed E-state index contributed by atoms with van der Waals surface area (Å²) in [7, 11) is 0. The zero-order valence-corrected chi connectivity index (χ0v) is 9.81. The number of aromatic nitrogens is 2. The van der Waals surface area contributed by atoms with Gasteiger partial charge in [0, 0.05) is 18.6 Å². The summed E-state index contributed by atoms with van der Waals surface area (Å²) in [6, 6.07) is 0.0757. The van der Waals surface area contributed by atoms with Crippen LogP contribution in [0.3, 0.4) is 0 Å². The average molecular weight is 219 g/mol. The van der Waals surface area contributed by atoms with Crippen LogP contribution in [0.25, 0.3) is 0 Å². The number of nitrogens with two attached hydrogens (primary N) is 1. The molecule has 88 valence electrons. The predicted octanol–water partition coefficient (Wildman–Crippen LogP) is 2.84. The molecule has 1 aromatic heterocycles. The van der Waals surface area contributed by atoms with Crippen LogP contribution in [0.15, 0.2) is 18.6 Å². The van der Waals surface area contributed by atoms with Crippen molar-refractivity contribution in [3.8, 4) is 0 Å². The van der Waals surface area contributed by atoms with Crippen molar-refractivity contribution in [3.05, 3.63) is 24.3 Å². The van der Waals surface area contributed by atoms with Gasteiger partial charge in [-0.05, 0) is 18.8 Å². The second kappa shape index (κ2) is 5.94. The van der Waals surface area contributed by atoms with Gasteiger partial charge in [0.1, 0.15) is 0 Å². The van der Waals surface area contributed by atoms with Gasteiger partial charge in [-0.2, -0.15) is 0 Å². The van der Waals surface area contributed by atoms with E-state index in [0.717, 1.165) is 5.69 Å². The molecule has 0 bridgehead atoms. The number of hydrogen-bond donors (Lipinski definition) is 1. The van der Waals surface area contributed by atoms with Gasteiger partial charge in [-0.3, -0.25) is 9.97 Å². The van der Waals surface area contributed by atoms with Gasteiger partial charge in [0.05, 0.1) is 11.7 Å². The maximum absolute atomic E-state index is 6.29. The van der Waals surface area contributed by atoms with Gasteiger partial charge in [0.2, 0.25) is 0 Å².